The van der Waals surface area contributed by atoms with Crippen molar-refractivity contribution in [1.29, 1.82) is 0 Å². The maximum Gasteiger partial charge on any atom is 0.0647 e. The minimum Gasteiger partial charge on any atom is -0.377 e. The van der Waals surface area contributed by atoms with Crippen molar-refractivity contribution in [3.8, 4) is 0 Å². The van der Waals surface area contributed by atoms with E-state index in [1.807, 2.05) is 0 Å². The number of hydrogen-bond acceptors (Lipinski definition) is 1. The fraction of sp³-hybridized carbons (Fsp3) is 0.800. The van der Waals surface area contributed by atoms with Crippen molar-refractivity contribution >= 4 is 0 Å². The van der Waals surface area contributed by atoms with Crippen LogP contribution in [-0.4, -0.2) is 13.2 Å². The van der Waals surface area contributed by atoms with Crippen molar-refractivity contribution in [3.63, 3.8) is 0 Å². The molecule has 0 saturated carbocycles. The van der Waals surface area contributed by atoms with E-state index in [1.54, 1.807) is 0 Å². The van der Waals surface area contributed by atoms with Crippen molar-refractivity contribution in [3.05, 3.63) is 12.2 Å². The standard InChI is InChI=1S/C10H18O/c1-10(2,3)7-9-5-4-6-11-8-9/h4-5,9H,6-8H2,1-3H3. The summed E-state index contributed by atoms with van der Waals surface area (Å²) in [6.07, 6.45) is 5.64. The van der Waals surface area contributed by atoms with E-state index in [9.17, 15) is 0 Å². The van der Waals surface area contributed by atoms with Crippen LogP contribution in [0.2, 0.25) is 0 Å². The lowest BCUT2D eigenvalue weighted by atomic mass is 9.84. The molecule has 1 atom stereocenters. The zero-order valence-electron chi connectivity index (χ0n) is 7.76. The average molecular weight is 154 g/mol. The summed E-state index contributed by atoms with van der Waals surface area (Å²) in [6.45, 7) is 8.54. The van der Waals surface area contributed by atoms with Crippen molar-refractivity contribution < 1.29 is 4.74 Å². The first-order chi connectivity index (χ1) is 5.08. The molecule has 1 rings (SSSR count). The molecule has 0 fully saturated rings. The molecule has 0 bridgehead atoms. The van der Waals surface area contributed by atoms with Crippen LogP contribution in [0.5, 0.6) is 0 Å². The van der Waals surface area contributed by atoms with E-state index < -0.39 is 0 Å². The van der Waals surface area contributed by atoms with Gasteiger partial charge < -0.3 is 4.74 Å². The molecular formula is C10H18O. The molecule has 64 valence electrons. The van der Waals surface area contributed by atoms with Crippen LogP contribution in [0.4, 0.5) is 0 Å². The fourth-order valence-electron chi connectivity index (χ4n) is 1.50. The molecule has 1 aliphatic heterocycles. The summed E-state index contributed by atoms with van der Waals surface area (Å²) in [5.41, 5.74) is 0.426. The van der Waals surface area contributed by atoms with Gasteiger partial charge in [0.1, 0.15) is 0 Å². The highest BCUT2D eigenvalue weighted by molar-refractivity contribution is 4.93. The van der Waals surface area contributed by atoms with Crippen LogP contribution in [0.3, 0.4) is 0 Å². The first-order valence-corrected chi connectivity index (χ1v) is 4.32. The van der Waals surface area contributed by atoms with Gasteiger partial charge in [0.05, 0.1) is 13.2 Å². The van der Waals surface area contributed by atoms with Gasteiger partial charge in [-0.2, -0.15) is 0 Å². The number of rotatable bonds is 1. The maximum atomic E-state index is 5.34. The van der Waals surface area contributed by atoms with Gasteiger partial charge in [-0.25, -0.2) is 0 Å². The van der Waals surface area contributed by atoms with E-state index in [4.69, 9.17) is 4.74 Å². The molecule has 0 spiro atoms. The van der Waals surface area contributed by atoms with Crippen LogP contribution >= 0.6 is 0 Å². The Morgan fingerprint density at radius 3 is 2.64 bits per heavy atom. The minimum absolute atomic E-state index is 0.426. The summed E-state index contributed by atoms with van der Waals surface area (Å²) in [6, 6.07) is 0. The summed E-state index contributed by atoms with van der Waals surface area (Å²) in [7, 11) is 0. The second-order valence-corrected chi connectivity index (χ2v) is 4.49. The Kier molecular flexibility index (Phi) is 2.72. The Morgan fingerprint density at radius 1 is 1.45 bits per heavy atom. The third kappa shape index (κ3) is 3.57. The molecule has 0 amide bonds. The smallest absolute Gasteiger partial charge is 0.0647 e. The van der Waals surface area contributed by atoms with Crippen LogP contribution in [0.15, 0.2) is 12.2 Å². The van der Waals surface area contributed by atoms with Gasteiger partial charge in [-0.1, -0.05) is 32.9 Å². The zero-order chi connectivity index (χ0) is 8.32. The lowest BCUT2D eigenvalue weighted by Crippen LogP contribution is -2.18. The Labute approximate surface area is 69.4 Å². The zero-order valence-corrected chi connectivity index (χ0v) is 7.76. The van der Waals surface area contributed by atoms with Crippen LogP contribution in [0.25, 0.3) is 0 Å². The Morgan fingerprint density at radius 2 is 2.18 bits per heavy atom. The molecule has 0 radical (unpaired) electrons. The lowest BCUT2D eigenvalue weighted by Gasteiger charge is -2.25. The van der Waals surface area contributed by atoms with Gasteiger partial charge in [-0.3, -0.25) is 0 Å². The van der Waals surface area contributed by atoms with E-state index in [-0.39, 0.29) is 0 Å². The monoisotopic (exact) mass is 154 g/mol. The first kappa shape index (κ1) is 8.79. The Bertz CT molecular complexity index is 141. The maximum absolute atomic E-state index is 5.34. The molecule has 11 heavy (non-hydrogen) atoms. The van der Waals surface area contributed by atoms with Gasteiger partial charge in [0.2, 0.25) is 0 Å². The van der Waals surface area contributed by atoms with E-state index in [0.717, 1.165) is 13.2 Å². The van der Waals surface area contributed by atoms with Gasteiger partial charge in [0.15, 0.2) is 0 Å². The summed E-state index contributed by atoms with van der Waals surface area (Å²) in [5, 5.41) is 0. The molecule has 0 aromatic carbocycles. The lowest BCUT2D eigenvalue weighted by molar-refractivity contribution is 0.108. The van der Waals surface area contributed by atoms with Crippen LogP contribution in [0.1, 0.15) is 27.2 Å². The fourth-order valence-corrected chi connectivity index (χ4v) is 1.50. The third-order valence-corrected chi connectivity index (χ3v) is 1.83. The van der Waals surface area contributed by atoms with E-state index in [1.165, 1.54) is 6.42 Å². The van der Waals surface area contributed by atoms with Crippen molar-refractivity contribution in [1.82, 2.24) is 0 Å². The summed E-state index contributed by atoms with van der Waals surface area (Å²) in [5.74, 6) is 0.642. The topological polar surface area (TPSA) is 9.23 Å². The first-order valence-electron chi connectivity index (χ1n) is 4.32. The third-order valence-electron chi connectivity index (χ3n) is 1.83. The average Bonchev–Trinajstić information content (AvgIpc) is 1.85. The van der Waals surface area contributed by atoms with Gasteiger partial charge in [0, 0.05) is 5.92 Å². The molecule has 0 aromatic rings. The molecule has 1 heterocycles. The van der Waals surface area contributed by atoms with Crippen molar-refractivity contribution in [2.24, 2.45) is 11.3 Å². The second-order valence-electron chi connectivity index (χ2n) is 4.49. The highest BCUT2D eigenvalue weighted by atomic mass is 16.5. The minimum atomic E-state index is 0.426. The molecule has 0 N–H and O–H groups in total. The van der Waals surface area contributed by atoms with Crippen LogP contribution in [-0.2, 0) is 4.74 Å². The van der Waals surface area contributed by atoms with E-state index in [2.05, 4.69) is 32.9 Å². The molecular weight excluding hydrogens is 136 g/mol. The van der Waals surface area contributed by atoms with Crippen LogP contribution < -0.4 is 0 Å². The summed E-state index contributed by atoms with van der Waals surface area (Å²) >= 11 is 0. The normalized spacial score (nSPS) is 25.5. The second kappa shape index (κ2) is 3.40. The Hall–Kier alpha value is -0.300. The number of ether oxygens (including phenoxy) is 1. The molecule has 0 saturated heterocycles. The quantitative estimate of drug-likeness (QED) is 0.527. The van der Waals surface area contributed by atoms with Crippen molar-refractivity contribution in [2.75, 3.05) is 13.2 Å². The van der Waals surface area contributed by atoms with Crippen molar-refractivity contribution in [2.45, 2.75) is 27.2 Å². The SMILES string of the molecule is CC(C)(C)CC1C=CCOC1. The van der Waals surface area contributed by atoms with E-state index in [0.29, 0.717) is 11.3 Å². The summed E-state index contributed by atoms with van der Waals surface area (Å²) in [4.78, 5) is 0. The van der Waals surface area contributed by atoms with Gasteiger partial charge in [-0.15, -0.1) is 0 Å². The molecule has 1 nitrogen and oxygen atoms in total. The number of hydrogen-bond donors (Lipinski definition) is 0. The van der Waals surface area contributed by atoms with Gasteiger partial charge in [-0.05, 0) is 11.8 Å². The highest BCUT2D eigenvalue weighted by Crippen LogP contribution is 2.26. The van der Waals surface area contributed by atoms with Crippen LogP contribution in [0, 0.1) is 11.3 Å². The molecule has 0 aromatic heterocycles. The predicted octanol–water partition coefficient (Wildman–Crippen LogP) is 2.63. The van der Waals surface area contributed by atoms with E-state index >= 15 is 0 Å². The predicted molar refractivity (Wildman–Crippen MR) is 47.5 cm³/mol. The van der Waals surface area contributed by atoms with Gasteiger partial charge in [0.25, 0.3) is 0 Å². The Balaban J connectivity index is 2.36. The molecule has 1 heteroatoms. The molecule has 1 aliphatic rings. The highest BCUT2D eigenvalue weighted by Gasteiger charge is 2.17. The summed E-state index contributed by atoms with van der Waals surface area (Å²) < 4.78 is 5.34. The molecule has 1 unspecified atom stereocenters. The molecule has 0 aliphatic carbocycles. The van der Waals surface area contributed by atoms with Gasteiger partial charge >= 0.3 is 0 Å². The largest absolute Gasteiger partial charge is 0.377 e.